The van der Waals surface area contributed by atoms with Gasteiger partial charge in [0.1, 0.15) is 11.5 Å². The highest BCUT2D eigenvalue weighted by molar-refractivity contribution is 6.31. The Kier molecular flexibility index (Phi) is 10.5. The molecule has 0 saturated heterocycles. The van der Waals surface area contributed by atoms with Gasteiger partial charge in [-0.3, -0.25) is 9.59 Å². The van der Waals surface area contributed by atoms with E-state index in [4.69, 9.17) is 32.7 Å². The van der Waals surface area contributed by atoms with Crippen LogP contribution in [-0.2, 0) is 16.0 Å². The predicted octanol–water partition coefficient (Wildman–Crippen LogP) is 5.54. The summed E-state index contributed by atoms with van der Waals surface area (Å²) < 4.78 is 10.6. The van der Waals surface area contributed by atoms with Crippen LogP contribution in [0.5, 0.6) is 11.5 Å². The molecular weight excluding hydrogens is 565 g/mol. The van der Waals surface area contributed by atoms with Crippen molar-refractivity contribution in [2.24, 2.45) is 0 Å². The Morgan fingerprint density at radius 2 is 1.78 bits per heavy atom. The lowest BCUT2D eigenvalue weighted by molar-refractivity contribution is -0.120. The van der Waals surface area contributed by atoms with Gasteiger partial charge in [0, 0.05) is 53.1 Å². The molecule has 0 fully saturated rings. The predicted molar refractivity (Wildman–Crippen MR) is 161 cm³/mol. The standard InChI is InChI=1S/C24H26ClN3O4.C7H7ClO/c1-15(30)26-13-18(31)9-11-32-19-5-2-16(3-6-19)24-23-20(8-10-28(24)14-29)21-12-17(25)4-7-22(21)27-23;1-9-7-4-2-6(8)3-5-7/h2-7,12,14,18,24,27,31H,8-11,13H2,1H3,(H,26,30);2-5H,1H3. The first-order valence-electron chi connectivity index (χ1n) is 13.2. The molecule has 1 aliphatic rings. The Bertz CT molecular complexity index is 1460. The lowest BCUT2D eigenvalue weighted by Crippen LogP contribution is -2.34. The number of nitrogens with zero attached hydrogens (tertiary/aromatic N) is 1. The maximum Gasteiger partial charge on any atom is 0.216 e. The molecule has 4 aromatic rings. The second-order valence-electron chi connectivity index (χ2n) is 9.66. The summed E-state index contributed by atoms with van der Waals surface area (Å²) in [6.45, 7) is 2.58. The molecule has 10 heteroatoms. The molecule has 0 bridgehead atoms. The molecule has 216 valence electrons. The number of hydrogen-bond acceptors (Lipinski definition) is 5. The van der Waals surface area contributed by atoms with E-state index in [1.165, 1.54) is 12.5 Å². The smallest absolute Gasteiger partial charge is 0.216 e. The number of carbonyl (C=O) groups is 2. The Morgan fingerprint density at radius 3 is 2.44 bits per heavy atom. The van der Waals surface area contributed by atoms with E-state index < -0.39 is 6.10 Å². The zero-order valence-corrected chi connectivity index (χ0v) is 24.4. The fourth-order valence-electron chi connectivity index (χ4n) is 4.74. The van der Waals surface area contributed by atoms with Crippen molar-refractivity contribution in [3.63, 3.8) is 0 Å². The van der Waals surface area contributed by atoms with E-state index in [0.717, 1.165) is 45.8 Å². The Hall–Kier alpha value is -3.72. The molecule has 1 aromatic heterocycles. The lowest BCUT2D eigenvalue weighted by atomic mass is 9.93. The summed E-state index contributed by atoms with van der Waals surface area (Å²) in [5.41, 5.74) is 4.19. The largest absolute Gasteiger partial charge is 0.497 e. The minimum absolute atomic E-state index is 0.172. The number of aliphatic hydroxyl groups is 1. The number of aromatic amines is 1. The molecule has 3 N–H and O–H groups in total. The number of methoxy groups -OCH3 is 1. The zero-order valence-electron chi connectivity index (χ0n) is 22.9. The Balaban J connectivity index is 0.000000367. The lowest BCUT2D eigenvalue weighted by Gasteiger charge is -2.33. The van der Waals surface area contributed by atoms with Crippen molar-refractivity contribution in [3.8, 4) is 11.5 Å². The van der Waals surface area contributed by atoms with Gasteiger partial charge >= 0.3 is 0 Å². The topological polar surface area (TPSA) is 104 Å². The van der Waals surface area contributed by atoms with Gasteiger partial charge in [-0.05, 0) is 72.1 Å². The first kappa shape index (κ1) is 30.2. The molecule has 2 atom stereocenters. The number of H-pyrrole nitrogens is 1. The fourth-order valence-corrected chi connectivity index (χ4v) is 5.04. The van der Waals surface area contributed by atoms with Crippen LogP contribution in [0.25, 0.3) is 10.9 Å². The summed E-state index contributed by atoms with van der Waals surface area (Å²) in [4.78, 5) is 28.0. The SMILES string of the molecule is CC(=O)NCC(O)CCOc1ccc(C2c3[nH]c4ccc(Cl)cc4c3CCN2C=O)cc1.COc1ccc(Cl)cc1. The molecule has 5 rings (SSSR count). The van der Waals surface area contributed by atoms with Crippen molar-refractivity contribution in [2.75, 3.05) is 26.8 Å². The number of aromatic nitrogens is 1. The molecular formula is C31H33Cl2N3O5. The number of halogens is 2. The van der Waals surface area contributed by atoms with Gasteiger partial charge in [0.15, 0.2) is 0 Å². The highest BCUT2D eigenvalue weighted by atomic mass is 35.5. The average Bonchev–Trinajstić information content (AvgIpc) is 3.34. The number of fused-ring (bicyclic) bond motifs is 3. The van der Waals surface area contributed by atoms with Crippen LogP contribution in [0.4, 0.5) is 0 Å². The van der Waals surface area contributed by atoms with Gasteiger partial charge in [0.25, 0.3) is 0 Å². The molecule has 2 heterocycles. The normalized spacial score (nSPS) is 14.9. The molecule has 3 aromatic carbocycles. The van der Waals surface area contributed by atoms with Crippen molar-refractivity contribution in [1.82, 2.24) is 15.2 Å². The highest BCUT2D eigenvalue weighted by Gasteiger charge is 2.31. The van der Waals surface area contributed by atoms with E-state index in [9.17, 15) is 14.7 Å². The minimum Gasteiger partial charge on any atom is -0.497 e. The van der Waals surface area contributed by atoms with Crippen molar-refractivity contribution < 1.29 is 24.2 Å². The summed E-state index contributed by atoms with van der Waals surface area (Å²) in [5, 5.41) is 15.0. The molecule has 1 aliphatic heterocycles. The minimum atomic E-state index is -0.657. The fraction of sp³-hybridized carbons (Fsp3) is 0.290. The Labute approximate surface area is 249 Å². The van der Waals surface area contributed by atoms with Gasteiger partial charge < -0.3 is 29.8 Å². The van der Waals surface area contributed by atoms with E-state index in [1.807, 2.05) is 54.6 Å². The third-order valence-corrected chi connectivity index (χ3v) is 7.30. The molecule has 8 nitrogen and oxygen atoms in total. The van der Waals surface area contributed by atoms with Gasteiger partial charge in [0.05, 0.1) is 25.9 Å². The van der Waals surface area contributed by atoms with Gasteiger partial charge in [-0.15, -0.1) is 0 Å². The first-order valence-corrected chi connectivity index (χ1v) is 14.0. The molecule has 0 aliphatic carbocycles. The van der Waals surface area contributed by atoms with Gasteiger partial charge in [0.2, 0.25) is 12.3 Å². The molecule has 2 amide bonds. The summed E-state index contributed by atoms with van der Waals surface area (Å²) in [5.74, 6) is 1.34. The van der Waals surface area contributed by atoms with E-state index in [1.54, 1.807) is 24.1 Å². The van der Waals surface area contributed by atoms with Gasteiger partial charge in [-0.2, -0.15) is 0 Å². The zero-order chi connectivity index (χ0) is 29.4. The van der Waals surface area contributed by atoms with Crippen LogP contribution in [-0.4, -0.2) is 60.2 Å². The second-order valence-corrected chi connectivity index (χ2v) is 10.5. The van der Waals surface area contributed by atoms with Crippen LogP contribution >= 0.6 is 23.2 Å². The third-order valence-electron chi connectivity index (χ3n) is 6.81. The number of nitrogens with one attached hydrogen (secondary N) is 2. The van der Waals surface area contributed by atoms with Crippen LogP contribution in [0.15, 0.2) is 66.7 Å². The number of benzene rings is 3. The average molecular weight is 599 g/mol. The van der Waals surface area contributed by atoms with Crippen LogP contribution < -0.4 is 14.8 Å². The van der Waals surface area contributed by atoms with Crippen LogP contribution in [0.3, 0.4) is 0 Å². The van der Waals surface area contributed by atoms with E-state index >= 15 is 0 Å². The van der Waals surface area contributed by atoms with E-state index in [0.29, 0.717) is 30.3 Å². The third kappa shape index (κ3) is 7.94. The maximum absolute atomic E-state index is 11.8. The molecule has 2 unspecified atom stereocenters. The quantitative estimate of drug-likeness (QED) is 0.220. The van der Waals surface area contributed by atoms with Crippen LogP contribution in [0.1, 0.15) is 36.2 Å². The molecule has 0 spiro atoms. The number of amides is 2. The van der Waals surface area contributed by atoms with Crippen molar-refractivity contribution in [1.29, 1.82) is 0 Å². The van der Waals surface area contributed by atoms with E-state index in [-0.39, 0.29) is 18.5 Å². The number of ether oxygens (including phenoxy) is 2. The van der Waals surface area contributed by atoms with Crippen molar-refractivity contribution in [2.45, 2.75) is 31.9 Å². The molecule has 0 radical (unpaired) electrons. The monoisotopic (exact) mass is 597 g/mol. The molecule has 41 heavy (non-hydrogen) atoms. The van der Waals surface area contributed by atoms with Crippen molar-refractivity contribution in [3.05, 3.63) is 93.6 Å². The summed E-state index contributed by atoms with van der Waals surface area (Å²) in [7, 11) is 1.63. The number of carbonyl (C=O) groups excluding carboxylic acids is 2. The first-order chi connectivity index (χ1) is 19.8. The summed E-state index contributed by atoms with van der Waals surface area (Å²) in [6, 6.07) is 20.5. The highest BCUT2D eigenvalue weighted by Crippen LogP contribution is 2.38. The van der Waals surface area contributed by atoms with Crippen molar-refractivity contribution >= 4 is 46.4 Å². The summed E-state index contributed by atoms with van der Waals surface area (Å²) in [6.07, 6.45) is 1.42. The van der Waals surface area contributed by atoms with Gasteiger partial charge in [-0.25, -0.2) is 0 Å². The molecule has 0 saturated carbocycles. The summed E-state index contributed by atoms with van der Waals surface area (Å²) >= 11 is 11.8. The number of rotatable bonds is 9. The van der Waals surface area contributed by atoms with Gasteiger partial charge in [-0.1, -0.05) is 35.3 Å². The van der Waals surface area contributed by atoms with Crippen LogP contribution in [0, 0.1) is 0 Å². The number of aliphatic hydroxyl groups excluding tert-OH is 1. The number of hydrogen-bond donors (Lipinski definition) is 3. The van der Waals surface area contributed by atoms with E-state index in [2.05, 4.69) is 10.3 Å². The Morgan fingerprint density at radius 1 is 1.10 bits per heavy atom. The maximum atomic E-state index is 11.8. The van der Waals surface area contributed by atoms with Crippen LogP contribution in [0.2, 0.25) is 10.0 Å². The second kappa shape index (κ2) is 14.3.